The van der Waals surface area contributed by atoms with Gasteiger partial charge in [0.25, 0.3) is 0 Å². The van der Waals surface area contributed by atoms with Crippen molar-refractivity contribution in [3.8, 4) is 0 Å². The molecule has 0 radical (unpaired) electrons. The van der Waals surface area contributed by atoms with Gasteiger partial charge in [-0.05, 0) is 42.3 Å². The van der Waals surface area contributed by atoms with E-state index in [1.54, 1.807) is 0 Å². The Morgan fingerprint density at radius 2 is 1.47 bits per heavy atom. The van der Waals surface area contributed by atoms with Gasteiger partial charge >= 0.3 is 5.97 Å². The molecular weight excluding hydrogens is 241 g/mol. The minimum Gasteiger partial charge on any atom is -0.465 e. The molecule has 100 valence electrons. The molecule has 0 heterocycles. The maximum Gasteiger partial charge on any atom is 0.351 e. The average molecular weight is 263 g/mol. The summed E-state index contributed by atoms with van der Waals surface area (Å²) in [5.74, 6) is -0.511. The van der Waals surface area contributed by atoms with Crippen LogP contribution < -0.4 is 0 Å². The molecule has 0 saturated carbocycles. The van der Waals surface area contributed by atoms with Gasteiger partial charge in [0, 0.05) is 0 Å². The van der Waals surface area contributed by atoms with Crippen molar-refractivity contribution in [2.75, 3.05) is 49.4 Å². The van der Waals surface area contributed by atoms with E-state index >= 15 is 0 Å². The van der Waals surface area contributed by atoms with Crippen LogP contribution in [0.15, 0.2) is 9.96 Å². The van der Waals surface area contributed by atoms with Crippen LogP contribution in [0.1, 0.15) is 0 Å². The largest absolute Gasteiger partial charge is 0.465 e. The molecule has 0 fully saturated rings. The molecule has 17 heavy (non-hydrogen) atoms. The Bertz CT molecular complexity index is 310. The number of hydrogen-bond acceptors (Lipinski definition) is 3. The van der Waals surface area contributed by atoms with E-state index in [1.165, 1.54) is 7.11 Å². The van der Waals surface area contributed by atoms with E-state index in [0.717, 1.165) is 6.21 Å². The molecule has 0 atom stereocenters. The fourth-order valence-electron chi connectivity index (χ4n) is 1.51. The summed E-state index contributed by atoms with van der Waals surface area (Å²) >= 11 is 0. The number of carbonyl (C=O) groups is 1. The second-order valence-electron chi connectivity index (χ2n) is 3.94. The number of nitrogens with zero attached hydrogens (tertiary/aromatic N) is 5. The van der Waals surface area contributed by atoms with E-state index in [4.69, 9.17) is 0 Å². The van der Waals surface area contributed by atoms with Gasteiger partial charge in [-0.2, -0.15) is 0 Å². The molecule has 8 heteroatoms. The minimum absolute atomic E-state index is 0.511. The van der Waals surface area contributed by atoms with Gasteiger partial charge in [0.1, 0.15) is 6.21 Å². The Kier molecular flexibility index (Phi) is 6.56. The van der Waals surface area contributed by atoms with Crippen LogP contribution in [-0.4, -0.2) is 75.6 Å². The van der Waals surface area contributed by atoms with Crippen molar-refractivity contribution in [3.63, 3.8) is 0 Å². The molecular formula is C9H22N5O2P. The lowest BCUT2D eigenvalue weighted by Crippen LogP contribution is -2.30. The van der Waals surface area contributed by atoms with Crippen LogP contribution >= 0.6 is 7.51 Å². The summed E-state index contributed by atoms with van der Waals surface area (Å²) in [5.41, 5.74) is 0. The third-order valence-electron chi connectivity index (χ3n) is 2.15. The molecule has 0 aromatic carbocycles. The molecule has 7 nitrogen and oxygen atoms in total. The highest BCUT2D eigenvalue weighted by molar-refractivity contribution is 7.58. The van der Waals surface area contributed by atoms with E-state index in [-0.39, 0.29) is 0 Å². The summed E-state index contributed by atoms with van der Waals surface area (Å²) in [6, 6.07) is 0. The second-order valence-corrected chi connectivity index (χ2v) is 7.59. The van der Waals surface area contributed by atoms with Crippen molar-refractivity contribution in [2.45, 2.75) is 0 Å². The maximum absolute atomic E-state index is 10.9. The van der Waals surface area contributed by atoms with Crippen molar-refractivity contribution >= 4 is 19.7 Å². The van der Waals surface area contributed by atoms with E-state index in [2.05, 4.69) is 14.7 Å². The van der Waals surface area contributed by atoms with E-state index in [0.29, 0.717) is 0 Å². The summed E-state index contributed by atoms with van der Waals surface area (Å²) in [5, 5.41) is 3.83. The lowest BCUT2D eigenvalue weighted by molar-refractivity contribution is -0.132. The monoisotopic (exact) mass is 263 g/mol. The Morgan fingerprint density at radius 3 is 1.76 bits per heavy atom. The molecule has 0 unspecified atom stereocenters. The zero-order valence-electron chi connectivity index (χ0n) is 11.6. The number of carbonyl (C=O) groups excluding carboxylic acids is 1. The smallest absolute Gasteiger partial charge is 0.351 e. The van der Waals surface area contributed by atoms with Crippen LogP contribution in [0.4, 0.5) is 0 Å². The third kappa shape index (κ3) is 3.89. The Labute approximate surface area is 103 Å². The van der Waals surface area contributed by atoms with Crippen LogP contribution in [0.5, 0.6) is 0 Å². The van der Waals surface area contributed by atoms with Crippen molar-refractivity contribution in [2.24, 2.45) is 9.96 Å². The molecule has 0 aromatic heterocycles. The van der Waals surface area contributed by atoms with E-state index in [1.807, 2.05) is 56.3 Å². The lowest BCUT2D eigenvalue weighted by Gasteiger charge is -2.39. The normalized spacial score (nSPS) is 12.8. The first-order valence-electron chi connectivity index (χ1n) is 5.05. The highest BCUT2D eigenvalue weighted by Gasteiger charge is 2.28. The van der Waals surface area contributed by atoms with Crippen molar-refractivity contribution < 1.29 is 9.53 Å². The van der Waals surface area contributed by atoms with Crippen LogP contribution in [0.2, 0.25) is 0 Å². The fourth-order valence-corrected chi connectivity index (χ4v) is 4.33. The molecule has 0 spiro atoms. The molecule has 0 N–H and O–H groups in total. The SMILES string of the molecule is COC(=O)/C=N/N=P(N(C)C)(N(C)C)N(C)C. The van der Waals surface area contributed by atoms with Gasteiger partial charge in [-0.1, -0.05) is 0 Å². The summed E-state index contributed by atoms with van der Waals surface area (Å²) in [4.78, 5) is 15.2. The van der Waals surface area contributed by atoms with E-state index in [9.17, 15) is 4.79 Å². The van der Waals surface area contributed by atoms with E-state index < -0.39 is 13.5 Å². The predicted molar refractivity (Wildman–Crippen MR) is 70.9 cm³/mol. The molecule has 0 rings (SSSR count). The van der Waals surface area contributed by atoms with Crippen LogP contribution in [0, 0.1) is 0 Å². The summed E-state index contributed by atoms with van der Waals surface area (Å²) in [6.07, 6.45) is 1.07. The van der Waals surface area contributed by atoms with Gasteiger partial charge in [0.05, 0.1) is 7.11 Å². The Morgan fingerprint density at radius 1 is 1.06 bits per heavy atom. The van der Waals surface area contributed by atoms with Gasteiger partial charge in [-0.3, -0.25) is 14.0 Å². The highest BCUT2D eigenvalue weighted by atomic mass is 31.2. The lowest BCUT2D eigenvalue weighted by atomic mass is 10.8. The number of esters is 1. The molecule has 0 bridgehead atoms. The molecule has 0 aliphatic carbocycles. The first kappa shape index (κ1) is 16.2. The van der Waals surface area contributed by atoms with Crippen molar-refractivity contribution in [1.82, 2.24) is 14.0 Å². The second kappa shape index (κ2) is 6.86. The predicted octanol–water partition coefficient (Wildman–Crippen LogP) is 0.776. The average Bonchev–Trinajstić information content (AvgIpc) is 2.22. The molecule has 0 aromatic rings. The quantitative estimate of drug-likeness (QED) is 0.317. The molecule has 0 saturated heterocycles. The summed E-state index contributed by atoms with van der Waals surface area (Å²) in [7, 11) is 10.9. The standard InChI is InChI=1S/C9H22N5O2P/c1-12(2)17(13(3)4,14(5)6)11-10-8-9(15)16-7/h8H,1-7H3/b10-8+. The van der Waals surface area contributed by atoms with Crippen LogP contribution in [0.25, 0.3) is 0 Å². The Hall–Kier alpha value is -0.750. The van der Waals surface area contributed by atoms with Crippen LogP contribution in [-0.2, 0) is 9.53 Å². The molecule has 0 amide bonds. The van der Waals surface area contributed by atoms with Gasteiger partial charge in [-0.25, -0.2) is 4.79 Å². The topological polar surface area (TPSA) is 60.7 Å². The first-order valence-corrected chi connectivity index (χ1v) is 6.65. The van der Waals surface area contributed by atoms with Crippen molar-refractivity contribution in [1.29, 1.82) is 0 Å². The Balaban J connectivity index is 5.38. The summed E-state index contributed by atoms with van der Waals surface area (Å²) in [6.45, 7) is 0. The van der Waals surface area contributed by atoms with Gasteiger partial charge < -0.3 is 4.74 Å². The number of hydrogen-bond donors (Lipinski definition) is 0. The number of methoxy groups -OCH3 is 1. The zero-order chi connectivity index (χ0) is 13.6. The molecule has 0 aliphatic heterocycles. The highest BCUT2D eigenvalue weighted by Crippen LogP contribution is 2.54. The van der Waals surface area contributed by atoms with Crippen molar-refractivity contribution in [3.05, 3.63) is 0 Å². The zero-order valence-corrected chi connectivity index (χ0v) is 12.5. The van der Waals surface area contributed by atoms with Crippen LogP contribution in [0.3, 0.4) is 0 Å². The maximum atomic E-state index is 10.9. The van der Waals surface area contributed by atoms with Gasteiger partial charge in [0.2, 0.25) is 0 Å². The van der Waals surface area contributed by atoms with Gasteiger partial charge in [-0.15, -0.1) is 9.96 Å². The van der Waals surface area contributed by atoms with Gasteiger partial charge in [0.15, 0.2) is 7.51 Å². The number of rotatable bonds is 5. The fraction of sp³-hybridized carbons (Fsp3) is 0.778. The summed E-state index contributed by atoms with van der Waals surface area (Å²) < 4.78 is 10.5. The minimum atomic E-state index is -2.06. The number of ether oxygens (including phenoxy) is 1. The molecule has 0 aliphatic rings. The third-order valence-corrected chi connectivity index (χ3v) is 5.71. The first-order chi connectivity index (χ1) is 7.78.